The Kier molecular flexibility index (Phi) is 5.30. The number of benzene rings is 1. The fraction of sp³-hybridized carbons (Fsp3) is 0.538. The molecular formula is C13H20N2O5S. The third-order valence-electron chi connectivity index (χ3n) is 3.13. The zero-order chi connectivity index (χ0) is 16.3. The van der Waals surface area contributed by atoms with Gasteiger partial charge in [0.05, 0.1) is 4.92 Å². The standard InChI is InChI=1S/C13H20N2O5S/c1-13(2,7-8-16)9-14-10-5-4-6-11(21(3,19)20)12(10)15(17)18/h4-6,14,16H,7-9H2,1-3H3. The van der Waals surface area contributed by atoms with Gasteiger partial charge in [-0.05, 0) is 24.0 Å². The van der Waals surface area contributed by atoms with E-state index in [1.165, 1.54) is 18.2 Å². The maximum absolute atomic E-state index is 11.6. The SMILES string of the molecule is CC(C)(CCO)CNc1cccc(S(C)(=O)=O)c1[N+](=O)[O-]. The first-order chi connectivity index (χ1) is 9.58. The highest BCUT2D eigenvalue weighted by Crippen LogP contribution is 2.33. The first kappa shape index (κ1) is 17.4. The van der Waals surface area contributed by atoms with Gasteiger partial charge in [0.15, 0.2) is 9.84 Å². The molecule has 0 saturated carbocycles. The largest absolute Gasteiger partial charge is 0.396 e. The molecule has 0 unspecified atom stereocenters. The van der Waals surface area contributed by atoms with E-state index in [0.29, 0.717) is 13.0 Å². The summed E-state index contributed by atoms with van der Waals surface area (Å²) in [6, 6.07) is 4.16. The minimum absolute atomic E-state index is 0.0140. The molecule has 118 valence electrons. The number of nitrogens with one attached hydrogen (secondary N) is 1. The average Bonchev–Trinajstić information content (AvgIpc) is 2.34. The molecule has 1 rings (SSSR count). The highest BCUT2D eigenvalue weighted by molar-refractivity contribution is 7.90. The molecule has 0 radical (unpaired) electrons. The molecule has 8 heteroatoms. The molecule has 1 aromatic rings. The van der Waals surface area contributed by atoms with E-state index in [-0.39, 0.29) is 22.6 Å². The van der Waals surface area contributed by atoms with Crippen LogP contribution in [0.5, 0.6) is 0 Å². The number of hydrogen-bond donors (Lipinski definition) is 2. The van der Waals surface area contributed by atoms with E-state index in [0.717, 1.165) is 6.26 Å². The number of anilines is 1. The van der Waals surface area contributed by atoms with Crippen molar-refractivity contribution >= 4 is 21.2 Å². The van der Waals surface area contributed by atoms with Crippen molar-refractivity contribution in [3.63, 3.8) is 0 Å². The summed E-state index contributed by atoms with van der Waals surface area (Å²) in [7, 11) is -3.69. The quantitative estimate of drug-likeness (QED) is 0.586. The second-order valence-corrected chi connectivity index (χ2v) is 7.66. The zero-order valence-electron chi connectivity index (χ0n) is 12.3. The number of nitrogens with zero attached hydrogens (tertiary/aromatic N) is 1. The van der Waals surface area contributed by atoms with Gasteiger partial charge in [-0.15, -0.1) is 0 Å². The summed E-state index contributed by atoms with van der Waals surface area (Å²) in [6.07, 6.45) is 1.47. The van der Waals surface area contributed by atoms with Crippen molar-refractivity contribution in [3.05, 3.63) is 28.3 Å². The monoisotopic (exact) mass is 316 g/mol. The van der Waals surface area contributed by atoms with Crippen LogP contribution in [0.1, 0.15) is 20.3 Å². The number of rotatable bonds is 7. The minimum Gasteiger partial charge on any atom is -0.396 e. The molecule has 0 aliphatic heterocycles. The van der Waals surface area contributed by atoms with E-state index in [1.807, 2.05) is 13.8 Å². The number of aliphatic hydroxyl groups is 1. The molecule has 0 heterocycles. The highest BCUT2D eigenvalue weighted by Gasteiger charge is 2.27. The van der Waals surface area contributed by atoms with E-state index in [1.54, 1.807) is 0 Å². The van der Waals surface area contributed by atoms with E-state index in [9.17, 15) is 18.5 Å². The highest BCUT2D eigenvalue weighted by atomic mass is 32.2. The van der Waals surface area contributed by atoms with Crippen molar-refractivity contribution < 1.29 is 18.4 Å². The summed E-state index contributed by atoms with van der Waals surface area (Å²) >= 11 is 0. The first-order valence-electron chi connectivity index (χ1n) is 6.41. The Morgan fingerprint density at radius 2 is 2.00 bits per heavy atom. The number of nitro groups is 1. The third kappa shape index (κ3) is 4.68. The van der Waals surface area contributed by atoms with E-state index in [2.05, 4.69) is 5.32 Å². The number of sulfone groups is 1. The molecule has 0 bridgehead atoms. The lowest BCUT2D eigenvalue weighted by molar-refractivity contribution is -0.386. The Bertz CT molecular complexity index is 625. The Balaban J connectivity index is 3.17. The van der Waals surface area contributed by atoms with Crippen LogP contribution in [0.25, 0.3) is 0 Å². The molecule has 0 spiro atoms. The Morgan fingerprint density at radius 1 is 1.38 bits per heavy atom. The number of hydrogen-bond acceptors (Lipinski definition) is 6. The normalized spacial score (nSPS) is 12.2. The Hall–Kier alpha value is -1.67. The summed E-state index contributed by atoms with van der Waals surface area (Å²) in [5, 5.41) is 23.1. The van der Waals surface area contributed by atoms with Crippen molar-refractivity contribution in [1.82, 2.24) is 0 Å². The van der Waals surface area contributed by atoms with Gasteiger partial charge < -0.3 is 10.4 Å². The summed E-state index contributed by atoms with van der Waals surface area (Å²) in [5.41, 5.74) is -0.558. The number of para-hydroxylation sites is 1. The third-order valence-corrected chi connectivity index (χ3v) is 4.26. The van der Waals surface area contributed by atoms with Gasteiger partial charge in [0, 0.05) is 19.4 Å². The molecule has 0 aromatic heterocycles. The molecule has 0 amide bonds. The van der Waals surface area contributed by atoms with Crippen molar-refractivity contribution in [2.24, 2.45) is 5.41 Å². The first-order valence-corrected chi connectivity index (χ1v) is 8.30. The maximum atomic E-state index is 11.6. The van der Waals surface area contributed by atoms with Crippen molar-refractivity contribution in [3.8, 4) is 0 Å². The van der Waals surface area contributed by atoms with E-state index < -0.39 is 20.4 Å². The van der Waals surface area contributed by atoms with Crippen LogP contribution in [0.3, 0.4) is 0 Å². The van der Waals surface area contributed by atoms with Gasteiger partial charge in [-0.1, -0.05) is 19.9 Å². The van der Waals surface area contributed by atoms with Gasteiger partial charge in [0.2, 0.25) is 0 Å². The predicted octanol–water partition coefficient (Wildman–Crippen LogP) is 1.82. The van der Waals surface area contributed by atoms with Gasteiger partial charge in [0.1, 0.15) is 10.6 Å². The second-order valence-electron chi connectivity index (χ2n) is 5.67. The lowest BCUT2D eigenvalue weighted by Gasteiger charge is -2.24. The molecule has 21 heavy (non-hydrogen) atoms. The van der Waals surface area contributed by atoms with Crippen LogP contribution in [0, 0.1) is 15.5 Å². The molecule has 0 saturated heterocycles. The molecule has 0 aliphatic rings. The fourth-order valence-corrected chi connectivity index (χ4v) is 2.74. The van der Waals surface area contributed by atoms with Gasteiger partial charge in [-0.25, -0.2) is 8.42 Å². The molecule has 7 nitrogen and oxygen atoms in total. The van der Waals surface area contributed by atoms with Crippen molar-refractivity contribution in [1.29, 1.82) is 0 Å². The molecular weight excluding hydrogens is 296 g/mol. The van der Waals surface area contributed by atoms with Crippen molar-refractivity contribution in [2.45, 2.75) is 25.2 Å². The van der Waals surface area contributed by atoms with Gasteiger partial charge in [-0.3, -0.25) is 10.1 Å². The van der Waals surface area contributed by atoms with Gasteiger partial charge >= 0.3 is 5.69 Å². The fourth-order valence-electron chi connectivity index (χ4n) is 1.88. The van der Waals surface area contributed by atoms with E-state index in [4.69, 9.17) is 5.11 Å². The Morgan fingerprint density at radius 3 is 2.48 bits per heavy atom. The van der Waals surface area contributed by atoms with Crippen molar-refractivity contribution in [2.75, 3.05) is 24.7 Å². The van der Waals surface area contributed by atoms with Gasteiger partial charge in [0.25, 0.3) is 0 Å². The van der Waals surface area contributed by atoms with Gasteiger partial charge in [-0.2, -0.15) is 0 Å². The minimum atomic E-state index is -3.69. The second kappa shape index (κ2) is 6.40. The Labute approximate surface area is 124 Å². The summed E-state index contributed by atoms with van der Waals surface area (Å²) in [5.74, 6) is 0. The average molecular weight is 316 g/mol. The van der Waals surface area contributed by atoms with Crippen LogP contribution >= 0.6 is 0 Å². The summed E-state index contributed by atoms with van der Waals surface area (Å²) in [6.45, 7) is 4.20. The molecule has 1 aromatic carbocycles. The van der Waals surface area contributed by atoms with Crippen LogP contribution in [0.2, 0.25) is 0 Å². The van der Waals surface area contributed by atoms with Crippen LogP contribution in [-0.2, 0) is 9.84 Å². The molecule has 2 N–H and O–H groups in total. The number of nitro benzene ring substituents is 1. The maximum Gasteiger partial charge on any atom is 0.310 e. The summed E-state index contributed by atoms with van der Waals surface area (Å²) < 4.78 is 23.3. The zero-order valence-corrected chi connectivity index (χ0v) is 13.1. The molecule has 0 aliphatic carbocycles. The number of aliphatic hydroxyl groups excluding tert-OH is 1. The molecule has 0 fully saturated rings. The molecule has 0 atom stereocenters. The van der Waals surface area contributed by atoms with Crippen LogP contribution in [0.4, 0.5) is 11.4 Å². The topological polar surface area (TPSA) is 110 Å². The smallest absolute Gasteiger partial charge is 0.310 e. The summed E-state index contributed by atoms with van der Waals surface area (Å²) in [4.78, 5) is 10.2. The van der Waals surface area contributed by atoms with Crippen LogP contribution < -0.4 is 5.32 Å². The lowest BCUT2D eigenvalue weighted by Crippen LogP contribution is -2.24. The van der Waals surface area contributed by atoms with Crippen LogP contribution in [-0.4, -0.2) is 37.9 Å². The lowest BCUT2D eigenvalue weighted by atomic mass is 9.89. The van der Waals surface area contributed by atoms with Crippen LogP contribution in [0.15, 0.2) is 23.1 Å². The predicted molar refractivity (Wildman–Crippen MR) is 80.2 cm³/mol. The van der Waals surface area contributed by atoms with E-state index >= 15 is 0 Å².